The molecule has 2 N–H and O–H groups in total. The van der Waals surface area contributed by atoms with Gasteiger partial charge in [-0.1, -0.05) is 48.0 Å². The summed E-state index contributed by atoms with van der Waals surface area (Å²) in [6.45, 7) is 1.95. The molecular weight excluding hydrogens is 448 g/mol. The maximum absolute atomic E-state index is 12.9. The van der Waals surface area contributed by atoms with Crippen LogP contribution in [0.1, 0.15) is 24.0 Å². The van der Waals surface area contributed by atoms with Gasteiger partial charge >= 0.3 is 0 Å². The van der Waals surface area contributed by atoms with Crippen molar-refractivity contribution < 1.29 is 14.3 Å². The number of methoxy groups -OCH3 is 1. The van der Waals surface area contributed by atoms with Gasteiger partial charge in [0.2, 0.25) is 5.91 Å². The maximum Gasteiger partial charge on any atom is 0.224 e. The van der Waals surface area contributed by atoms with Gasteiger partial charge in [0, 0.05) is 11.1 Å². The summed E-state index contributed by atoms with van der Waals surface area (Å²) in [6, 6.07) is 23.2. The van der Waals surface area contributed by atoms with Crippen LogP contribution < -0.4 is 20.1 Å². The minimum atomic E-state index is 0.0345. The summed E-state index contributed by atoms with van der Waals surface area (Å²) in [7, 11) is 1.63. The number of hydrogen-bond donors (Lipinski definition) is 2. The molecular formula is C28H31ClN2O3. The van der Waals surface area contributed by atoms with Crippen LogP contribution in [0.4, 0.5) is 0 Å². The van der Waals surface area contributed by atoms with Crippen molar-refractivity contribution in [1.29, 1.82) is 0 Å². The molecule has 0 aliphatic carbocycles. The van der Waals surface area contributed by atoms with Crippen LogP contribution in [0.2, 0.25) is 5.02 Å². The number of carbonyl (C=O) groups is 1. The summed E-state index contributed by atoms with van der Waals surface area (Å²) >= 11 is 5.98. The van der Waals surface area contributed by atoms with Crippen molar-refractivity contribution in [2.24, 2.45) is 5.92 Å². The second-order valence-corrected chi connectivity index (χ2v) is 9.11. The van der Waals surface area contributed by atoms with Gasteiger partial charge in [-0.05, 0) is 85.8 Å². The second-order valence-electron chi connectivity index (χ2n) is 8.67. The summed E-state index contributed by atoms with van der Waals surface area (Å²) in [4.78, 5) is 12.9. The number of hydrogen-bond acceptors (Lipinski definition) is 4. The SMILES string of the molecule is COc1ccccc1Oc1cccc(CC(NC(=O)Cc2ccc(Cl)cc2)C2CCNCC2)c1. The van der Waals surface area contributed by atoms with E-state index in [0.717, 1.165) is 49.2 Å². The number of ether oxygens (including phenoxy) is 2. The molecule has 0 radical (unpaired) electrons. The number of nitrogens with one attached hydrogen (secondary N) is 2. The van der Waals surface area contributed by atoms with Crippen molar-refractivity contribution in [3.63, 3.8) is 0 Å². The fraction of sp³-hybridized carbons (Fsp3) is 0.321. The van der Waals surface area contributed by atoms with E-state index in [0.29, 0.717) is 28.9 Å². The molecule has 1 unspecified atom stereocenters. The van der Waals surface area contributed by atoms with E-state index >= 15 is 0 Å². The first-order chi connectivity index (χ1) is 16.6. The van der Waals surface area contributed by atoms with Gasteiger partial charge in [0.1, 0.15) is 5.75 Å². The highest BCUT2D eigenvalue weighted by molar-refractivity contribution is 6.30. The highest BCUT2D eigenvalue weighted by Gasteiger charge is 2.25. The molecule has 1 amide bonds. The van der Waals surface area contributed by atoms with Crippen molar-refractivity contribution in [2.75, 3.05) is 20.2 Å². The number of carbonyl (C=O) groups excluding carboxylic acids is 1. The van der Waals surface area contributed by atoms with Crippen molar-refractivity contribution in [1.82, 2.24) is 10.6 Å². The second kappa shape index (κ2) is 11.9. The van der Waals surface area contributed by atoms with Crippen LogP contribution in [0.3, 0.4) is 0 Å². The Labute approximate surface area is 206 Å². The number of halogens is 1. The highest BCUT2D eigenvalue weighted by atomic mass is 35.5. The lowest BCUT2D eigenvalue weighted by Crippen LogP contribution is -2.46. The molecule has 3 aromatic rings. The zero-order valence-electron chi connectivity index (χ0n) is 19.4. The molecule has 3 aromatic carbocycles. The number of amides is 1. The molecule has 1 fully saturated rings. The minimum Gasteiger partial charge on any atom is -0.493 e. The third kappa shape index (κ3) is 6.75. The summed E-state index contributed by atoms with van der Waals surface area (Å²) in [5, 5.41) is 7.42. The van der Waals surface area contributed by atoms with Crippen molar-refractivity contribution in [3.05, 3.63) is 88.9 Å². The number of para-hydroxylation sites is 2. The zero-order valence-corrected chi connectivity index (χ0v) is 20.2. The summed E-state index contributed by atoms with van der Waals surface area (Å²) in [6.07, 6.45) is 3.18. The predicted molar refractivity (Wildman–Crippen MR) is 136 cm³/mol. The molecule has 1 atom stereocenters. The van der Waals surface area contributed by atoms with Crippen LogP contribution in [0.25, 0.3) is 0 Å². The van der Waals surface area contributed by atoms with Gasteiger partial charge in [-0.3, -0.25) is 4.79 Å². The molecule has 6 heteroatoms. The molecule has 0 aromatic heterocycles. The first kappa shape index (κ1) is 24.1. The molecule has 0 bridgehead atoms. The van der Waals surface area contributed by atoms with Crippen LogP contribution in [0.15, 0.2) is 72.8 Å². The Bertz CT molecular complexity index is 1080. The molecule has 0 saturated carbocycles. The fourth-order valence-corrected chi connectivity index (χ4v) is 4.57. The molecule has 0 spiro atoms. The van der Waals surface area contributed by atoms with Crippen LogP contribution in [0, 0.1) is 5.92 Å². The van der Waals surface area contributed by atoms with Gasteiger partial charge in [-0.2, -0.15) is 0 Å². The van der Waals surface area contributed by atoms with Gasteiger partial charge in [0.15, 0.2) is 11.5 Å². The average Bonchev–Trinajstić information content (AvgIpc) is 2.86. The van der Waals surface area contributed by atoms with E-state index in [4.69, 9.17) is 21.1 Å². The largest absolute Gasteiger partial charge is 0.493 e. The standard InChI is InChI=1S/C28H31ClN2O3/c1-33-26-7-2-3-8-27(26)34-24-6-4-5-21(17-24)18-25(22-13-15-30-16-14-22)31-28(32)19-20-9-11-23(29)12-10-20/h2-12,17,22,25,30H,13-16,18-19H2,1H3,(H,31,32). The number of rotatable bonds is 9. The maximum atomic E-state index is 12.9. The van der Waals surface area contributed by atoms with Crippen molar-refractivity contribution >= 4 is 17.5 Å². The van der Waals surface area contributed by atoms with Crippen LogP contribution in [0.5, 0.6) is 17.2 Å². The lowest BCUT2D eigenvalue weighted by Gasteiger charge is -2.31. The Morgan fingerprint density at radius 3 is 2.47 bits per heavy atom. The Balaban J connectivity index is 1.47. The molecule has 4 rings (SSSR count). The molecule has 178 valence electrons. The van der Waals surface area contributed by atoms with Crippen LogP contribution >= 0.6 is 11.6 Å². The normalized spacial score (nSPS) is 14.9. The topological polar surface area (TPSA) is 59.6 Å². The minimum absolute atomic E-state index is 0.0345. The molecule has 1 aliphatic heterocycles. The van der Waals surface area contributed by atoms with E-state index in [1.165, 1.54) is 0 Å². The van der Waals surface area contributed by atoms with E-state index in [1.54, 1.807) is 7.11 Å². The third-order valence-corrected chi connectivity index (χ3v) is 6.48. The van der Waals surface area contributed by atoms with Gasteiger partial charge in [-0.25, -0.2) is 0 Å². The van der Waals surface area contributed by atoms with Crippen molar-refractivity contribution in [2.45, 2.75) is 31.7 Å². The van der Waals surface area contributed by atoms with Crippen LogP contribution in [-0.4, -0.2) is 32.1 Å². The fourth-order valence-electron chi connectivity index (χ4n) is 4.45. The van der Waals surface area contributed by atoms with Gasteiger partial charge < -0.3 is 20.1 Å². The van der Waals surface area contributed by atoms with Gasteiger partial charge in [0.05, 0.1) is 13.5 Å². The van der Waals surface area contributed by atoms with E-state index in [9.17, 15) is 4.79 Å². The monoisotopic (exact) mass is 478 g/mol. The first-order valence-corrected chi connectivity index (χ1v) is 12.1. The molecule has 1 heterocycles. The Kier molecular flexibility index (Phi) is 8.45. The number of benzene rings is 3. The highest BCUT2D eigenvalue weighted by Crippen LogP contribution is 2.31. The number of piperidine rings is 1. The Morgan fingerprint density at radius 2 is 1.74 bits per heavy atom. The van der Waals surface area contributed by atoms with Gasteiger partial charge in [-0.15, -0.1) is 0 Å². The molecule has 1 aliphatic rings. The van der Waals surface area contributed by atoms with E-state index < -0.39 is 0 Å². The molecule has 34 heavy (non-hydrogen) atoms. The lowest BCUT2D eigenvalue weighted by atomic mass is 9.86. The summed E-state index contributed by atoms with van der Waals surface area (Å²) in [5.74, 6) is 2.57. The quantitative estimate of drug-likeness (QED) is 0.431. The van der Waals surface area contributed by atoms with E-state index in [-0.39, 0.29) is 11.9 Å². The average molecular weight is 479 g/mol. The van der Waals surface area contributed by atoms with Gasteiger partial charge in [0.25, 0.3) is 0 Å². The summed E-state index contributed by atoms with van der Waals surface area (Å²) < 4.78 is 11.5. The third-order valence-electron chi connectivity index (χ3n) is 6.23. The first-order valence-electron chi connectivity index (χ1n) is 11.7. The van der Waals surface area contributed by atoms with E-state index in [2.05, 4.69) is 16.7 Å². The lowest BCUT2D eigenvalue weighted by molar-refractivity contribution is -0.121. The Morgan fingerprint density at radius 1 is 1.00 bits per heavy atom. The van der Waals surface area contributed by atoms with E-state index in [1.807, 2.05) is 66.7 Å². The zero-order chi connectivity index (χ0) is 23.8. The smallest absolute Gasteiger partial charge is 0.224 e. The van der Waals surface area contributed by atoms with Crippen LogP contribution in [-0.2, 0) is 17.6 Å². The molecule has 5 nitrogen and oxygen atoms in total. The molecule has 1 saturated heterocycles. The summed E-state index contributed by atoms with van der Waals surface area (Å²) in [5.41, 5.74) is 2.08. The Hall–Kier alpha value is -3.02. The van der Waals surface area contributed by atoms with Crippen molar-refractivity contribution in [3.8, 4) is 17.2 Å². The predicted octanol–water partition coefficient (Wildman–Crippen LogP) is 5.41.